The summed E-state index contributed by atoms with van der Waals surface area (Å²) in [4.78, 5) is 23.0. The second-order valence-corrected chi connectivity index (χ2v) is 4.61. The van der Waals surface area contributed by atoms with E-state index in [-0.39, 0.29) is 11.5 Å². The number of amides is 1. The SMILES string of the molecule is CC[C@H](C)[C@H](NC(=O)c1cccc(C)c1F)C(=O)O. The van der Waals surface area contributed by atoms with Crippen molar-refractivity contribution in [1.29, 1.82) is 0 Å². The number of rotatable bonds is 5. The maximum atomic E-state index is 13.8. The summed E-state index contributed by atoms with van der Waals surface area (Å²) >= 11 is 0. The van der Waals surface area contributed by atoms with Crippen LogP contribution in [0.2, 0.25) is 0 Å². The first-order valence-electron chi connectivity index (χ1n) is 6.17. The normalized spacial score (nSPS) is 13.7. The molecule has 1 aromatic rings. The minimum absolute atomic E-state index is 0.130. The third-order valence-electron chi connectivity index (χ3n) is 3.20. The van der Waals surface area contributed by atoms with Gasteiger partial charge < -0.3 is 10.4 Å². The molecule has 0 fully saturated rings. The van der Waals surface area contributed by atoms with E-state index in [1.54, 1.807) is 26.0 Å². The lowest BCUT2D eigenvalue weighted by Crippen LogP contribution is -2.45. The molecule has 0 radical (unpaired) electrons. The molecule has 2 atom stereocenters. The van der Waals surface area contributed by atoms with Gasteiger partial charge in [0.2, 0.25) is 0 Å². The number of carbonyl (C=O) groups is 2. The maximum absolute atomic E-state index is 13.8. The predicted octanol–water partition coefficient (Wildman–Crippen LogP) is 2.36. The molecule has 0 saturated carbocycles. The van der Waals surface area contributed by atoms with Crippen LogP contribution in [0.1, 0.15) is 36.2 Å². The summed E-state index contributed by atoms with van der Waals surface area (Å²) in [5.41, 5.74) is 0.220. The van der Waals surface area contributed by atoms with Gasteiger partial charge in [-0.3, -0.25) is 4.79 Å². The zero-order chi connectivity index (χ0) is 14.6. The molecule has 104 valence electrons. The highest BCUT2D eigenvalue weighted by Crippen LogP contribution is 2.14. The Kier molecular flexibility index (Phi) is 5.03. The molecule has 1 amide bonds. The molecule has 0 aliphatic heterocycles. The van der Waals surface area contributed by atoms with Gasteiger partial charge in [-0.2, -0.15) is 0 Å². The fourth-order valence-electron chi connectivity index (χ4n) is 1.72. The zero-order valence-electron chi connectivity index (χ0n) is 11.2. The molecule has 4 nitrogen and oxygen atoms in total. The second-order valence-electron chi connectivity index (χ2n) is 4.61. The largest absolute Gasteiger partial charge is 0.480 e. The summed E-state index contributed by atoms with van der Waals surface area (Å²) in [7, 11) is 0. The third-order valence-corrected chi connectivity index (χ3v) is 3.20. The van der Waals surface area contributed by atoms with E-state index in [1.807, 2.05) is 6.92 Å². The van der Waals surface area contributed by atoms with Crippen LogP contribution in [0.4, 0.5) is 4.39 Å². The smallest absolute Gasteiger partial charge is 0.326 e. The van der Waals surface area contributed by atoms with Gasteiger partial charge in [-0.25, -0.2) is 9.18 Å². The van der Waals surface area contributed by atoms with Crippen molar-refractivity contribution in [2.24, 2.45) is 5.92 Å². The first-order chi connectivity index (χ1) is 8.88. The summed E-state index contributed by atoms with van der Waals surface area (Å²) in [5.74, 6) is -2.66. The highest BCUT2D eigenvalue weighted by atomic mass is 19.1. The fourth-order valence-corrected chi connectivity index (χ4v) is 1.72. The summed E-state index contributed by atoms with van der Waals surface area (Å²) in [6, 6.07) is 3.44. The number of aryl methyl sites for hydroxylation is 1. The molecule has 0 bridgehead atoms. The van der Waals surface area contributed by atoms with E-state index < -0.39 is 23.7 Å². The number of halogens is 1. The lowest BCUT2D eigenvalue weighted by molar-refractivity contribution is -0.140. The molecule has 1 rings (SSSR count). The van der Waals surface area contributed by atoms with Crippen molar-refractivity contribution < 1.29 is 19.1 Å². The monoisotopic (exact) mass is 267 g/mol. The summed E-state index contributed by atoms with van der Waals surface area (Å²) in [6.45, 7) is 5.11. The Balaban J connectivity index is 2.94. The molecule has 0 heterocycles. The number of carboxylic acid groups (broad SMARTS) is 1. The molecular formula is C14H18FNO3. The number of hydrogen-bond donors (Lipinski definition) is 2. The summed E-state index contributed by atoms with van der Waals surface area (Å²) in [5, 5.41) is 11.5. The first-order valence-corrected chi connectivity index (χ1v) is 6.17. The Bertz CT molecular complexity index is 488. The van der Waals surface area contributed by atoms with Crippen LogP contribution < -0.4 is 5.32 Å². The zero-order valence-corrected chi connectivity index (χ0v) is 11.2. The summed E-state index contributed by atoms with van der Waals surface area (Å²) < 4.78 is 13.8. The minimum atomic E-state index is -1.12. The first kappa shape index (κ1) is 15.1. The summed E-state index contributed by atoms with van der Waals surface area (Å²) in [6.07, 6.45) is 0.605. The van der Waals surface area contributed by atoms with Crippen LogP contribution in [0.15, 0.2) is 18.2 Å². The third kappa shape index (κ3) is 3.53. The molecule has 0 spiro atoms. The average Bonchev–Trinajstić information content (AvgIpc) is 2.37. The molecule has 1 aromatic carbocycles. The number of carbonyl (C=O) groups excluding carboxylic acids is 1. The van der Waals surface area contributed by atoms with E-state index in [2.05, 4.69) is 5.32 Å². The van der Waals surface area contributed by atoms with E-state index in [1.165, 1.54) is 6.07 Å². The fraction of sp³-hybridized carbons (Fsp3) is 0.429. The Morgan fingerprint density at radius 2 is 2.05 bits per heavy atom. The maximum Gasteiger partial charge on any atom is 0.326 e. The Morgan fingerprint density at radius 1 is 1.42 bits per heavy atom. The molecule has 0 aromatic heterocycles. The van der Waals surface area contributed by atoms with E-state index in [9.17, 15) is 14.0 Å². The van der Waals surface area contributed by atoms with Crippen molar-refractivity contribution in [2.75, 3.05) is 0 Å². The predicted molar refractivity (Wildman–Crippen MR) is 69.5 cm³/mol. The van der Waals surface area contributed by atoms with E-state index in [4.69, 9.17) is 5.11 Å². The lowest BCUT2D eigenvalue weighted by atomic mass is 9.98. The van der Waals surface area contributed by atoms with Gasteiger partial charge >= 0.3 is 5.97 Å². The van der Waals surface area contributed by atoms with Gasteiger partial charge in [0.05, 0.1) is 5.56 Å². The quantitative estimate of drug-likeness (QED) is 0.860. The molecular weight excluding hydrogens is 249 g/mol. The minimum Gasteiger partial charge on any atom is -0.480 e. The highest BCUT2D eigenvalue weighted by Gasteiger charge is 2.26. The number of hydrogen-bond acceptors (Lipinski definition) is 2. The molecule has 0 saturated heterocycles. The van der Waals surface area contributed by atoms with Crippen LogP contribution in [0, 0.1) is 18.7 Å². The van der Waals surface area contributed by atoms with Crippen molar-refractivity contribution in [3.05, 3.63) is 35.1 Å². The molecule has 0 unspecified atom stereocenters. The molecule has 2 N–H and O–H groups in total. The van der Waals surface area contributed by atoms with Crippen LogP contribution in [-0.4, -0.2) is 23.0 Å². The molecule has 5 heteroatoms. The molecule has 19 heavy (non-hydrogen) atoms. The van der Waals surface area contributed by atoms with Crippen molar-refractivity contribution in [1.82, 2.24) is 5.32 Å². The highest BCUT2D eigenvalue weighted by molar-refractivity contribution is 5.97. The van der Waals surface area contributed by atoms with Crippen LogP contribution in [-0.2, 0) is 4.79 Å². The van der Waals surface area contributed by atoms with Crippen molar-refractivity contribution in [2.45, 2.75) is 33.2 Å². The van der Waals surface area contributed by atoms with Gasteiger partial charge in [0, 0.05) is 0 Å². The van der Waals surface area contributed by atoms with Crippen molar-refractivity contribution in [3.8, 4) is 0 Å². The number of benzene rings is 1. The Labute approximate surface area is 111 Å². The van der Waals surface area contributed by atoms with Crippen LogP contribution in [0.25, 0.3) is 0 Å². The number of nitrogens with one attached hydrogen (secondary N) is 1. The van der Waals surface area contributed by atoms with E-state index in [0.29, 0.717) is 12.0 Å². The van der Waals surface area contributed by atoms with E-state index >= 15 is 0 Å². The topological polar surface area (TPSA) is 66.4 Å². The van der Waals surface area contributed by atoms with Gasteiger partial charge in [-0.1, -0.05) is 32.4 Å². The van der Waals surface area contributed by atoms with Gasteiger partial charge in [0.1, 0.15) is 11.9 Å². The van der Waals surface area contributed by atoms with Crippen molar-refractivity contribution in [3.63, 3.8) is 0 Å². The van der Waals surface area contributed by atoms with Crippen LogP contribution in [0.5, 0.6) is 0 Å². The van der Waals surface area contributed by atoms with Gasteiger partial charge in [-0.05, 0) is 24.5 Å². The van der Waals surface area contributed by atoms with E-state index in [0.717, 1.165) is 0 Å². The number of carboxylic acids is 1. The molecule has 0 aliphatic carbocycles. The Hall–Kier alpha value is -1.91. The van der Waals surface area contributed by atoms with Crippen LogP contribution >= 0.6 is 0 Å². The number of aliphatic carboxylic acids is 1. The Morgan fingerprint density at radius 3 is 2.58 bits per heavy atom. The van der Waals surface area contributed by atoms with Gasteiger partial charge in [0.25, 0.3) is 5.91 Å². The average molecular weight is 267 g/mol. The lowest BCUT2D eigenvalue weighted by Gasteiger charge is -2.20. The molecule has 0 aliphatic rings. The van der Waals surface area contributed by atoms with Crippen molar-refractivity contribution >= 4 is 11.9 Å². The standard InChI is InChI=1S/C14H18FNO3/c1-4-8(2)12(14(18)19)16-13(17)10-7-5-6-9(3)11(10)15/h5-8,12H,4H2,1-3H3,(H,16,17)(H,18,19)/t8-,12-/m0/s1. The van der Waals surface area contributed by atoms with Crippen LogP contribution in [0.3, 0.4) is 0 Å². The second kappa shape index (κ2) is 6.31. The van der Waals surface area contributed by atoms with Gasteiger partial charge in [-0.15, -0.1) is 0 Å². The van der Waals surface area contributed by atoms with Gasteiger partial charge in [0.15, 0.2) is 0 Å².